The summed E-state index contributed by atoms with van der Waals surface area (Å²) in [5.41, 5.74) is -0.403. The first kappa shape index (κ1) is 9.76. The molecule has 1 aromatic rings. The quantitative estimate of drug-likeness (QED) is 0.590. The van der Waals surface area contributed by atoms with Crippen LogP contribution >= 0.6 is 0 Å². The maximum Gasteiger partial charge on any atom is 0.302 e. The van der Waals surface area contributed by atoms with Gasteiger partial charge < -0.3 is 19.7 Å². The molecule has 2 N–H and O–H groups in total. The SMILES string of the molecule is O=c1ccn2c(n1)O[C@H]1C(O)C(CO)OC12. The van der Waals surface area contributed by atoms with Gasteiger partial charge in [0.15, 0.2) is 12.3 Å². The first-order chi connectivity index (χ1) is 7.70. The second kappa shape index (κ2) is 3.27. The van der Waals surface area contributed by atoms with E-state index < -0.39 is 30.1 Å². The molecule has 2 aliphatic heterocycles. The van der Waals surface area contributed by atoms with E-state index in [1.165, 1.54) is 16.8 Å². The van der Waals surface area contributed by atoms with Crippen molar-refractivity contribution in [2.24, 2.45) is 0 Å². The summed E-state index contributed by atoms with van der Waals surface area (Å²) in [5.74, 6) is 0. The number of hydrogen-bond acceptors (Lipinski definition) is 6. The van der Waals surface area contributed by atoms with Gasteiger partial charge in [-0.3, -0.25) is 9.36 Å². The summed E-state index contributed by atoms with van der Waals surface area (Å²) >= 11 is 0. The molecule has 0 amide bonds. The van der Waals surface area contributed by atoms with Gasteiger partial charge in [0.25, 0.3) is 5.56 Å². The second-order valence-electron chi connectivity index (χ2n) is 3.78. The molecule has 3 rings (SSSR count). The Hall–Kier alpha value is -1.44. The molecule has 4 atom stereocenters. The van der Waals surface area contributed by atoms with E-state index in [9.17, 15) is 9.90 Å². The predicted molar refractivity (Wildman–Crippen MR) is 49.9 cm³/mol. The zero-order valence-corrected chi connectivity index (χ0v) is 8.18. The minimum atomic E-state index is -0.924. The van der Waals surface area contributed by atoms with E-state index in [0.29, 0.717) is 0 Å². The maximum absolute atomic E-state index is 11.0. The molecule has 0 aliphatic carbocycles. The van der Waals surface area contributed by atoms with Crippen LogP contribution in [0.5, 0.6) is 6.01 Å². The van der Waals surface area contributed by atoms with Crippen LogP contribution < -0.4 is 10.3 Å². The molecule has 0 radical (unpaired) electrons. The van der Waals surface area contributed by atoms with E-state index in [1.807, 2.05) is 0 Å². The number of aromatic nitrogens is 2. The minimum Gasteiger partial charge on any atom is -0.453 e. The highest BCUT2D eigenvalue weighted by Gasteiger charge is 2.50. The van der Waals surface area contributed by atoms with Crippen molar-refractivity contribution in [1.82, 2.24) is 9.55 Å². The van der Waals surface area contributed by atoms with Crippen molar-refractivity contribution in [3.05, 3.63) is 22.6 Å². The molecule has 2 aliphatic rings. The monoisotopic (exact) mass is 226 g/mol. The second-order valence-corrected chi connectivity index (χ2v) is 3.78. The molecule has 1 saturated heterocycles. The third kappa shape index (κ3) is 1.19. The summed E-state index contributed by atoms with van der Waals surface area (Å²) in [7, 11) is 0. The van der Waals surface area contributed by atoms with E-state index in [-0.39, 0.29) is 12.6 Å². The molecule has 0 spiro atoms. The predicted octanol–water partition coefficient (Wildman–Crippen LogP) is -1.75. The average Bonchev–Trinajstić information content (AvgIpc) is 2.75. The number of hydrogen-bond donors (Lipinski definition) is 2. The molecule has 7 heteroatoms. The average molecular weight is 226 g/mol. The van der Waals surface area contributed by atoms with Crippen LogP contribution in [-0.4, -0.2) is 44.7 Å². The summed E-state index contributed by atoms with van der Waals surface area (Å²) in [6, 6.07) is 1.43. The van der Waals surface area contributed by atoms with Crippen LogP contribution in [0.2, 0.25) is 0 Å². The van der Waals surface area contributed by atoms with Crippen molar-refractivity contribution >= 4 is 0 Å². The van der Waals surface area contributed by atoms with E-state index in [0.717, 1.165) is 0 Å². The van der Waals surface area contributed by atoms with Gasteiger partial charge >= 0.3 is 6.01 Å². The molecule has 0 saturated carbocycles. The van der Waals surface area contributed by atoms with E-state index in [2.05, 4.69) is 4.98 Å². The number of aliphatic hydroxyl groups excluding tert-OH is 2. The lowest BCUT2D eigenvalue weighted by molar-refractivity contribution is -0.0434. The number of ether oxygens (including phenoxy) is 2. The molecule has 1 aromatic heterocycles. The van der Waals surface area contributed by atoms with Crippen molar-refractivity contribution in [3.8, 4) is 6.01 Å². The Labute approximate surface area is 89.9 Å². The summed E-state index contributed by atoms with van der Waals surface area (Å²) in [5, 5.41) is 18.7. The summed E-state index contributed by atoms with van der Waals surface area (Å²) in [6.07, 6.45) is -1.24. The van der Waals surface area contributed by atoms with Gasteiger partial charge in [-0.1, -0.05) is 0 Å². The van der Waals surface area contributed by atoms with Gasteiger partial charge in [-0.15, -0.1) is 0 Å². The highest BCUT2D eigenvalue weighted by atomic mass is 16.6. The minimum absolute atomic E-state index is 0.137. The van der Waals surface area contributed by atoms with Crippen LogP contribution in [0.3, 0.4) is 0 Å². The lowest BCUT2D eigenvalue weighted by atomic mass is 10.1. The number of nitrogens with zero attached hydrogens (tertiary/aromatic N) is 2. The van der Waals surface area contributed by atoms with Crippen molar-refractivity contribution in [3.63, 3.8) is 0 Å². The zero-order chi connectivity index (χ0) is 11.3. The molecule has 0 aromatic carbocycles. The molecular weight excluding hydrogens is 216 g/mol. The number of rotatable bonds is 1. The third-order valence-electron chi connectivity index (χ3n) is 2.81. The first-order valence-corrected chi connectivity index (χ1v) is 4.91. The smallest absolute Gasteiger partial charge is 0.302 e. The highest BCUT2D eigenvalue weighted by Crippen LogP contribution is 2.38. The van der Waals surface area contributed by atoms with Crippen molar-refractivity contribution in [2.45, 2.75) is 24.5 Å². The summed E-state index contributed by atoms with van der Waals surface area (Å²) < 4.78 is 12.3. The van der Waals surface area contributed by atoms with Crippen molar-refractivity contribution < 1.29 is 19.7 Å². The van der Waals surface area contributed by atoms with Crippen molar-refractivity contribution in [2.75, 3.05) is 6.61 Å². The van der Waals surface area contributed by atoms with Crippen molar-refractivity contribution in [1.29, 1.82) is 0 Å². The van der Waals surface area contributed by atoms with Crippen LogP contribution in [-0.2, 0) is 4.74 Å². The van der Waals surface area contributed by atoms with Crippen LogP contribution in [0.1, 0.15) is 6.23 Å². The molecule has 3 heterocycles. The zero-order valence-electron chi connectivity index (χ0n) is 8.18. The van der Waals surface area contributed by atoms with E-state index in [4.69, 9.17) is 14.6 Å². The number of fused-ring (bicyclic) bond motifs is 3. The Kier molecular flexibility index (Phi) is 2.00. The standard InChI is InChI=1S/C9H10N2O5/c12-3-4-6(14)7-8(15-4)11-2-1-5(13)10-9(11)16-7/h1-2,4,6-8,12,14H,3H2/t4?,6?,7-,8?/m0/s1. The third-order valence-corrected chi connectivity index (χ3v) is 2.81. The fourth-order valence-electron chi connectivity index (χ4n) is 2.02. The summed E-state index contributed by atoms with van der Waals surface area (Å²) in [4.78, 5) is 14.7. The molecule has 0 bridgehead atoms. The summed E-state index contributed by atoms with van der Waals surface area (Å²) in [6.45, 7) is -0.277. The lowest BCUT2D eigenvalue weighted by Gasteiger charge is -2.13. The Morgan fingerprint density at radius 2 is 2.38 bits per heavy atom. The van der Waals surface area contributed by atoms with Gasteiger partial charge in [-0.05, 0) is 0 Å². The molecule has 7 nitrogen and oxygen atoms in total. The Morgan fingerprint density at radius 1 is 1.56 bits per heavy atom. The first-order valence-electron chi connectivity index (χ1n) is 4.91. The normalized spacial score (nSPS) is 35.6. The van der Waals surface area contributed by atoms with E-state index in [1.54, 1.807) is 0 Å². The fourth-order valence-corrected chi connectivity index (χ4v) is 2.02. The topological polar surface area (TPSA) is 93.8 Å². The van der Waals surface area contributed by atoms with Gasteiger partial charge in [-0.2, -0.15) is 4.98 Å². The molecule has 16 heavy (non-hydrogen) atoms. The Morgan fingerprint density at radius 3 is 3.12 bits per heavy atom. The van der Waals surface area contributed by atoms with Gasteiger partial charge in [0, 0.05) is 12.3 Å². The van der Waals surface area contributed by atoms with Crippen LogP contribution in [0.4, 0.5) is 0 Å². The van der Waals surface area contributed by atoms with Gasteiger partial charge in [0.2, 0.25) is 0 Å². The molecular formula is C9H10N2O5. The van der Waals surface area contributed by atoms with Crippen LogP contribution in [0.25, 0.3) is 0 Å². The van der Waals surface area contributed by atoms with Gasteiger partial charge in [0.05, 0.1) is 6.61 Å². The molecule has 86 valence electrons. The van der Waals surface area contributed by atoms with Gasteiger partial charge in [-0.25, -0.2) is 0 Å². The van der Waals surface area contributed by atoms with Crippen LogP contribution in [0, 0.1) is 0 Å². The van der Waals surface area contributed by atoms with Crippen LogP contribution in [0.15, 0.2) is 17.1 Å². The largest absolute Gasteiger partial charge is 0.453 e. The maximum atomic E-state index is 11.0. The lowest BCUT2D eigenvalue weighted by Crippen LogP contribution is -2.34. The molecule has 1 fully saturated rings. The highest BCUT2D eigenvalue weighted by molar-refractivity contribution is 5.10. The van der Waals surface area contributed by atoms with E-state index >= 15 is 0 Å². The number of aliphatic hydroxyl groups is 2. The molecule has 3 unspecified atom stereocenters. The fraction of sp³-hybridized carbons (Fsp3) is 0.556. The van der Waals surface area contributed by atoms with Gasteiger partial charge in [0.1, 0.15) is 12.2 Å². The Balaban J connectivity index is 1.99. The Bertz CT molecular complexity index is 473.